The van der Waals surface area contributed by atoms with Crippen molar-refractivity contribution in [1.82, 2.24) is 5.32 Å². The molecule has 1 atom stereocenters. The summed E-state index contributed by atoms with van der Waals surface area (Å²) in [6.07, 6.45) is 0.372. The van der Waals surface area contributed by atoms with Gasteiger partial charge in [0.1, 0.15) is 6.04 Å². The smallest absolute Gasteiger partial charge is 0.321 e. The molecule has 0 fully saturated rings. The zero-order chi connectivity index (χ0) is 10.4. The molecule has 0 aliphatic heterocycles. The molecule has 1 aromatic rings. The number of hydrogen-bond acceptors (Lipinski definition) is 3. The van der Waals surface area contributed by atoms with E-state index >= 15 is 0 Å². The third kappa shape index (κ3) is 3.16. The number of aliphatic hydroxyl groups is 1. The number of benzene rings is 1. The summed E-state index contributed by atoms with van der Waals surface area (Å²) >= 11 is 0. The molecule has 3 N–H and O–H groups in total. The number of nitrogens with one attached hydrogen (secondary N) is 1. The van der Waals surface area contributed by atoms with E-state index in [1.54, 1.807) is 0 Å². The minimum Gasteiger partial charge on any atom is -0.480 e. The van der Waals surface area contributed by atoms with Crippen molar-refractivity contribution in [3.63, 3.8) is 0 Å². The van der Waals surface area contributed by atoms with Gasteiger partial charge < -0.3 is 10.2 Å². The van der Waals surface area contributed by atoms with Crippen molar-refractivity contribution in [3.05, 3.63) is 35.9 Å². The van der Waals surface area contributed by atoms with Gasteiger partial charge in [-0.1, -0.05) is 30.3 Å². The number of aliphatic carboxylic acids is 1. The summed E-state index contributed by atoms with van der Waals surface area (Å²) in [5.74, 6) is -0.956. The van der Waals surface area contributed by atoms with Gasteiger partial charge in [-0.2, -0.15) is 0 Å². The maximum absolute atomic E-state index is 10.7. The Morgan fingerprint density at radius 2 is 2.00 bits per heavy atom. The molecule has 0 unspecified atom stereocenters. The van der Waals surface area contributed by atoms with Crippen LogP contribution in [0.15, 0.2) is 30.3 Å². The standard InChI is InChI=1S/C10H13NO3/c12-7-11-9(10(13)14)6-8-4-2-1-3-5-8/h1-5,9,11-12H,6-7H2,(H,13,14)/t9-/m0/s1. The molecule has 0 aliphatic rings. The summed E-state index contributed by atoms with van der Waals surface area (Å²) in [6.45, 7) is -0.330. The predicted molar refractivity (Wildman–Crippen MR) is 51.8 cm³/mol. The summed E-state index contributed by atoms with van der Waals surface area (Å²) in [5.41, 5.74) is 0.931. The highest BCUT2D eigenvalue weighted by atomic mass is 16.4. The average molecular weight is 195 g/mol. The van der Waals surface area contributed by atoms with Crippen LogP contribution in [0, 0.1) is 0 Å². The molecule has 0 saturated carbocycles. The van der Waals surface area contributed by atoms with Crippen LogP contribution in [0.5, 0.6) is 0 Å². The van der Waals surface area contributed by atoms with Gasteiger partial charge in [0.25, 0.3) is 0 Å². The van der Waals surface area contributed by atoms with Crippen LogP contribution < -0.4 is 5.32 Å². The molecule has 0 aromatic heterocycles. The highest BCUT2D eigenvalue weighted by Crippen LogP contribution is 2.02. The second kappa shape index (κ2) is 5.36. The lowest BCUT2D eigenvalue weighted by Gasteiger charge is -2.12. The average Bonchev–Trinajstić information content (AvgIpc) is 2.18. The number of carbonyl (C=O) groups is 1. The molecule has 0 amide bonds. The highest BCUT2D eigenvalue weighted by Gasteiger charge is 2.15. The third-order valence-corrected chi connectivity index (χ3v) is 1.92. The molecule has 0 heterocycles. The van der Waals surface area contributed by atoms with Gasteiger partial charge in [0, 0.05) is 0 Å². The molecule has 0 spiro atoms. The van der Waals surface area contributed by atoms with Crippen LogP contribution in [0.1, 0.15) is 5.56 Å². The van der Waals surface area contributed by atoms with E-state index in [1.807, 2.05) is 30.3 Å². The minimum absolute atomic E-state index is 0.330. The van der Waals surface area contributed by atoms with E-state index in [2.05, 4.69) is 5.32 Å². The summed E-state index contributed by atoms with van der Waals surface area (Å²) in [4.78, 5) is 10.7. The predicted octanol–water partition coefficient (Wildman–Crippen LogP) is 0.222. The molecule has 0 radical (unpaired) electrons. The summed E-state index contributed by atoms with van der Waals surface area (Å²) in [7, 11) is 0. The van der Waals surface area contributed by atoms with E-state index in [1.165, 1.54) is 0 Å². The van der Waals surface area contributed by atoms with Crippen LogP contribution in [0.3, 0.4) is 0 Å². The van der Waals surface area contributed by atoms with E-state index in [9.17, 15) is 4.79 Å². The van der Waals surface area contributed by atoms with Gasteiger partial charge in [0.2, 0.25) is 0 Å². The Kier molecular flexibility index (Phi) is 4.10. The van der Waals surface area contributed by atoms with Gasteiger partial charge in [-0.25, -0.2) is 0 Å². The topological polar surface area (TPSA) is 69.6 Å². The van der Waals surface area contributed by atoms with E-state index in [4.69, 9.17) is 10.2 Å². The van der Waals surface area contributed by atoms with E-state index in [-0.39, 0.29) is 6.73 Å². The van der Waals surface area contributed by atoms with Crippen LogP contribution in [-0.2, 0) is 11.2 Å². The van der Waals surface area contributed by atoms with Crippen molar-refractivity contribution < 1.29 is 15.0 Å². The van der Waals surface area contributed by atoms with E-state index < -0.39 is 12.0 Å². The quantitative estimate of drug-likeness (QED) is 0.588. The number of hydrogen-bond donors (Lipinski definition) is 3. The normalized spacial score (nSPS) is 12.4. The number of rotatable bonds is 5. The van der Waals surface area contributed by atoms with Crippen molar-refractivity contribution in [2.24, 2.45) is 0 Å². The van der Waals surface area contributed by atoms with Crippen molar-refractivity contribution in [1.29, 1.82) is 0 Å². The fraction of sp³-hybridized carbons (Fsp3) is 0.300. The molecule has 4 heteroatoms. The maximum Gasteiger partial charge on any atom is 0.321 e. The largest absolute Gasteiger partial charge is 0.480 e. The lowest BCUT2D eigenvalue weighted by atomic mass is 10.1. The fourth-order valence-electron chi connectivity index (χ4n) is 1.21. The SMILES string of the molecule is O=C(O)[C@H](Cc1ccccc1)NCO. The molecule has 0 bridgehead atoms. The lowest BCUT2D eigenvalue weighted by molar-refractivity contribution is -0.139. The molecule has 1 aromatic carbocycles. The first kappa shape index (κ1) is 10.7. The Labute approximate surface area is 82.2 Å². The second-order valence-corrected chi connectivity index (χ2v) is 2.94. The summed E-state index contributed by atoms with van der Waals surface area (Å²) in [5, 5.41) is 19.9. The van der Waals surface area contributed by atoms with Gasteiger partial charge in [0.15, 0.2) is 0 Å². The summed E-state index contributed by atoms with van der Waals surface area (Å²) < 4.78 is 0. The first-order chi connectivity index (χ1) is 6.74. The fourth-order valence-corrected chi connectivity index (χ4v) is 1.21. The molecular formula is C10H13NO3. The van der Waals surface area contributed by atoms with Crippen LogP contribution in [-0.4, -0.2) is 29.0 Å². The van der Waals surface area contributed by atoms with E-state index in [0.29, 0.717) is 6.42 Å². The Hall–Kier alpha value is -1.39. The zero-order valence-electron chi connectivity index (χ0n) is 7.68. The second-order valence-electron chi connectivity index (χ2n) is 2.94. The van der Waals surface area contributed by atoms with Gasteiger partial charge in [-0.3, -0.25) is 10.1 Å². The third-order valence-electron chi connectivity index (χ3n) is 1.92. The first-order valence-electron chi connectivity index (χ1n) is 4.35. The molecule has 0 aliphatic carbocycles. The van der Waals surface area contributed by atoms with Crippen LogP contribution in [0.25, 0.3) is 0 Å². The molecule has 4 nitrogen and oxygen atoms in total. The van der Waals surface area contributed by atoms with Crippen LogP contribution in [0.4, 0.5) is 0 Å². The Balaban J connectivity index is 2.60. The number of carboxylic acids is 1. The maximum atomic E-state index is 10.7. The monoisotopic (exact) mass is 195 g/mol. The Morgan fingerprint density at radius 1 is 1.36 bits per heavy atom. The van der Waals surface area contributed by atoms with E-state index in [0.717, 1.165) is 5.56 Å². The van der Waals surface area contributed by atoms with Crippen molar-refractivity contribution in [2.75, 3.05) is 6.73 Å². The van der Waals surface area contributed by atoms with Crippen molar-refractivity contribution in [2.45, 2.75) is 12.5 Å². The van der Waals surface area contributed by atoms with Crippen LogP contribution in [0.2, 0.25) is 0 Å². The number of carboxylic acid groups (broad SMARTS) is 1. The molecule has 14 heavy (non-hydrogen) atoms. The van der Waals surface area contributed by atoms with Gasteiger partial charge in [0.05, 0.1) is 6.73 Å². The van der Waals surface area contributed by atoms with Gasteiger partial charge >= 0.3 is 5.97 Å². The van der Waals surface area contributed by atoms with Crippen LogP contribution >= 0.6 is 0 Å². The minimum atomic E-state index is -0.956. The molecule has 76 valence electrons. The molecule has 1 rings (SSSR count). The molecule has 0 saturated heterocycles. The zero-order valence-corrected chi connectivity index (χ0v) is 7.68. The number of aliphatic hydroxyl groups excluding tert-OH is 1. The summed E-state index contributed by atoms with van der Waals surface area (Å²) in [6, 6.07) is 8.56. The Morgan fingerprint density at radius 3 is 2.50 bits per heavy atom. The lowest BCUT2D eigenvalue weighted by Crippen LogP contribution is -2.38. The highest BCUT2D eigenvalue weighted by molar-refractivity contribution is 5.73. The molecular weight excluding hydrogens is 182 g/mol. The van der Waals surface area contributed by atoms with Gasteiger partial charge in [-0.15, -0.1) is 0 Å². The van der Waals surface area contributed by atoms with Crippen molar-refractivity contribution in [3.8, 4) is 0 Å². The Bertz CT molecular complexity index is 287. The van der Waals surface area contributed by atoms with Gasteiger partial charge in [-0.05, 0) is 12.0 Å². The first-order valence-corrected chi connectivity index (χ1v) is 4.35. The van der Waals surface area contributed by atoms with Crippen molar-refractivity contribution >= 4 is 5.97 Å².